The first-order valence-corrected chi connectivity index (χ1v) is 11.6. The van der Waals surface area contributed by atoms with Gasteiger partial charge in [-0.3, -0.25) is 24.5 Å². The SMILES string of the molecule is O=C(Nc1ccccn1)c1ccc(CN2C(=O)c3[nH]ncc3CC(=O)C2Cc2ccccn2)cc1Cl. The summed E-state index contributed by atoms with van der Waals surface area (Å²) in [4.78, 5) is 49.4. The first kappa shape index (κ1) is 23.4. The van der Waals surface area contributed by atoms with Crippen LogP contribution < -0.4 is 5.32 Å². The minimum Gasteiger partial charge on any atom is -0.323 e. The van der Waals surface area contributed by atoms with Crippen LogP contribution in [0.1, 0.15) is 37.7 Å². The number of amides is 2. The van der Waals surface area contributed by atoms with Crippen LogP contribution in [0, 0.1) is 0 Å². The molecular weight excluding hydrogens is 480 g/mol. The smallest absolute Gasteiger partial charge is 0.273 e. The van der Waals surface area contributed by atoms with Gasteiger partial charge in [-0.05, 0) is 42.0 Å². The molecule has 0 aliphatic carbocycles. The van der Waals surface area contributed by atoms with Crippen LogP contribution in [-0.2, 0) is 24.2 Å². The zero-order chi connectivity index (χ0) is 25.1. The highest BCUT2D eigenvalue weighted by Crippen LogP contribution is 2.25. The summed E-state index contributed by atoms with van der Waals surface area (Å²) in [5, 5.41) is 9.61. The zero-order valence-corrected chi connectivity index (χ0v) is 19.8. The van der Waals surface area contributed by atoms with E-state index in [1.54, 1.807) is 54.9 Å². The Morgan fingerprint density at radius 2 is 1.89 bits per heavy atom. The number of H-pyrrole nitrogens is 1. The Balaban J connectivity index is 1.42. The molecule has 9 nitrogen and oxygen atoms in total. The number of nitrogens with zero attached hydrogens (tertiary/aromatic N) is 4. The summed E-state index contributed by atoms with van der Waals surface area (Å²) in [6.07, 6.45) is 5.12. The molecule has 1 aromatic carbocycles. The lowest BCUT2D eigenvalue weighted by atomic mass is 10.0. The number of aromatic amines is 1. The maximum Gasteiger partial charge on any atom is 0.273 e. The van der Waals surface area contributed by atoms with Gasteiger partial charge in [-0.2, -0.15) is 5.10 Å². The van der Waals surface area contributed by atoms with Crippen molar-refractivity contribution in [3.05, 3.63) is 106 Å². The Hall–Kier alpha value is -4.37. The van der Waals surface area contributed by atoms with E-state index >= 15 is 0 Å². The van der Waals surface area contributed by atoms with Crippen molar-refractivity contribution in [2.24, 2.45) is 0 Å². The molecule has 0 bridgehead atoms. The highest BCUT2D eigenvalue weighted by molar-refractivity contribution is 6.34. The van der Waals surface area contributed by atoms with Crippen molar-refractivity contribution < 1.29 is 14.4 Å². The predicted molar refractivity (Wildman–Crippen MR) is 133 cm³/mol. The number of fused-ring (bicyclic) bond motifs is 1. The summed E-state index contributed by atoms with van der Waals surface area (Å²) in [6.45, 7) is 0.113. The number of Topliss-reactive ketones (excluding diaryl/α,β-unsaturated/α-hetero) is 1. The van der Waals surface area contributed by atoms with Gasteiger partial charge in [0.1, 0.15) is 11.5 Å². The van der Waals surface area contributed by atoms with E-state index in [1.165, 1.54) is 11.1 Å². The molecule has 0 saturated heterocycles. The van der Waals surface area contributed by atoms with E-state index in [2.05, 4.69) is 25.5 Å². The average molecular weight is 501 g/mol. The summed E-state index contributed by atoms with van der Waals surface area (Å²) in [7, 11) is 0. The van der Waals surface area contributed by atoms with E-state index < -0.39 is 11.9 Å². The second-order valence-corrected chi connectivity index (χ2v) is 8.78. The molecular formula is C26H21ClN6O3. The van der Waals surface area contributed by atoms with E-state index in [-0.39, 0.29) is 41.7 Å². The van der Waals surface area contributed by atoms with Gasteiger partial charge in [0.25, 0.3) is 11.8 Å². The van der Waals surface area contributed by atoms with Crippen molar-refractivity contribution in [3.8, 4) is 0 Å². The van der Waals surface area contributed by atoms with Crippen LogP contribution in [0.4, 0.5) is 5.82 Å². The topological polar surface area (TPSA) is 121 Å². The summed E-state index contributed by atoms with van der Waals surface area (Å²) < 4.78 is 0. The van der Waals surface area contributed by atoms with E-state index in [1.807, 2.05) is 12.1 Å². The van der Waals surface area contributed by atoms with Crippen LogP contribution in [0.2, 0.25) is 5.02 Å². The first-order valence-electron chi connectivity index (χ1n) is 11.3. The van der Waals surface area contributed by atoms with E-state index in [0.29, 0.717) is 28.3 Å². The Morgan fingerprint density at radius 3 is 2.61 bits per heavy atom. The Morgan fingerprint density at radius 1 is 1.08 bits per heavy atom. The quantitative estimate of drug-likeness (QED) is 0.418. The number of hydrogen-bond donors (Lipinski definition) is 2. The molecule has 0 spiro atoms. The van der Waals surface area contributed by atoms with Gasteiger partial charge in [-0.25, -0.2) is 4.98 Å². The average Bonchev–Trinajstić information content (AvgIpc) is 3.32. The predicted octanol–water partition coefficient (Wildman–Crippen LogP) is 3.48. The van der Waals surface area contributed by atoms with Gasteiger partial charge in [-0.1, -0.05) is 29.8 Å². The molecule has 4 aromatic rings. The molecule has 1 unspecified atom stereocenters. The number of carbonyl (C=O) groups excluding carboxylic acids is 3. The van der Waals surface area contributed by atoms with Crippen LogP contribution in [-0.4, -0.2) is 48.7 Å². The fourth-order valence-corrected chi connectivity index (χ4v) is 4.46. The number of aromatic nitrogens is 4. The number of anilines is 1. The monoisotopic (exact) mass is 500 g/mol. The largest absolute Gasteiger partial charge is 0.323 e. The molecule has 10 heteroatoms. The maximum absolute atomic E-state index is 13.5. The van der Waals surface area contributed by atoms with Crippen molar-refractivity contribution in [1.29, 1.82) is 0 Å². The van der Waals surface area contributed by atoms with Gasteiger partial charge in [0.2, 0.25) is 0 Å². The van der Waals surface area contributed by atoms with Gasteiger partial charge in [0, 0.05) is 43.0 Å². The Bertz CT molecular complexity index is 1420. The number of rotatable bonds is 6. The molecule has 5 rings (SSSR count). The molecule has 1 aliphatic heterocycles. The Labute approximate surface area is 211 Å². The van der Waals surface area contributed by atoms with Gasteiger partial charge in [-0.15, -0.1) is 0 Å². The molecule has 0 saturated carbocycles. The third-order valence-electron chi connectivity index (χ3n) is 5.97. The van der Waals surface area contributed by atoms with Crippen molar-refractivity contribution in [3.63, 3.8) is 0 Å². The third kappa shape index (κ3) is 4.87. The maximum atomic E-state index is 13.5. The highest BCUT2D eigenvalue weighted by Gasteiger charge is 2.36. The van der Waals surface area contributed by atoms with Crippen molar-refractivity contribution >= 4 is 35.0 Å². The highest BCUT2D eigenvalue weighted by atomic mass is 35.5. The number of halogens is 1. The number of benzene rings is 1. The van der Waals surface area contributed by atoms with E-state index in [4.69, 9.17) is 11.6 Å². The van der Waals surface area contributed by atoms with Crippen molar-refractivity contribution in [1.82, 2.24) is 25.1 Å². The minimum absolute atomic E-state index is 0.0962. The molecule has 36 heavy (non-hydrogen) atoms. The molecule has 1 aliphatic rings. The van der Waals surface area contributed by atoms with Crippen LogP contribution in [0.5, 0.6) is 0 Å². The lowest BCUT2D eigenvalue weighted by Gasteiger charge is -2.29. The molecule has 3 aromatic heterocycles. The van der Waals surface area contributed by atoms with Crippen LogP contribution >= 0.6 is 11.6 Å². The summed E-state index contributed by atoms with van der Waals surface area (Å²) in [5.41, 5.74) is 2.51. The number of carbonyl (C=O) groups is 3. The second kappa shape index (κ2) is 10.1. The van der Waals surface area contributed by atoms with Gasteiger partial charge < -0.3 is 10.2 Å². The molecule has 180 valence electrons. The van der Waals surface area contributed by atoms with Crippen LogP contribution in [0.25, 0.3) is 0 Å². The fraction of sp³-hybridized carbons (Fsp3) is 0.154. The van der Waals surface area contributed by atoms with E-state index in [9.17, 15) is 14.4 Å². The molecule has 0 radical (unpaired) electrons. The molecule has 1 atom stereocenters. The Kier molecular flexibility index (Phi) is 6.55. The minimum atomic E-state index is -0.723. The van der Waals surface area contributed by atoms with Gasteiger partial charge in [0.05, 0.1) is 22.8 Å². The van der Waals surface area contributed by atoms with Crippen LogP contribution in [0.3, 0.4) is 0 Å². The fourth-order valence-electron chi connectivity index (χ4n) is 4.18. The summed E-state index contributed by atoms with van der Waals surface area (Å²) in [6, 6.07) is 14.9. The molecule has 2 N–H and O–H groups in total. The lowest BCUT2D eigenvalue weighted by Crippen LogP contribution is -2.45. The van der Waals surface area contributed by atoms with Crippen LogP contribution in [0.15, 0.2) is 73.2 Å². The van der Waals surface area contributed by atoms with E-state index in [0.717, 1.165) is 0 Å². The normalized spacial score (nSPS) is 15.4. The summed E-state index contributed by atoms with van der Waals surface area (Å²) >= 11 is 6.46. The standard InChI is InChI=1S/C26H21ClN6O3/c27-20-11-16(7-8-19(20)25(35)31-23-6-2-4-10-29-23)15-33-21(13-18-5-1-3-9-28-18)22(34)12-17-14-30-32-24(17)26(33)36/h1-11,14,21H,12-13,15H2,(H,30,32)(H,29,31,35). The molecule has 0 fully saturated rings. The third-order valence-corrected chi connectivity index (χ3v) is 6.28. The number of hydrogen-bond acceptors (Lipinski definition) is 6. The zero-order valence-electron chi connectivity index (χ0n) is 19.0. The first-order chi connectivity index (χ1) is 17.5. The second-order valence-electron chi connectivity index (χ2n) is 8.37. The molecule has 2 amide bonds. The molecule has 4 heterocycles. The summed E-state index contributed by atoms with van der Waals surface area (Å²) in [5.74, 6) is -0.431. The lowest BCUT2D eigenvalue weighted by molar-refractivity contribution is -0.122. The number of ketones is 1. The van der Waals surface area contributed by atoms with Crippen molar-refractivity contribution in [2.45, 2.75) is 25.4 Å². The van der Waals surface area contributed by atoms with Gasteiger partial charge in [0.15, 0.2) is 5.78 Å². The van der Waals surface area contributed by atoms with Gasteiger partial charge >= 0.3 is 0 Å². The number of pyridine rings is 2. The van der Waals surface area contributed by atoms with Crippen molar-refractivity contribution in [2.75, 3.05) is 5.32 Å². The number of nitrogens with one attached hydrogen (secondary N) is 2.